The zero-order valence-electron chi connectivity index (χ0n) is 16.4. The Balaban J connectivity index is 1.60. The number of hydrogen-bond donors (Lipinski definition) is 2. The van der Waals surface area contributed by atoms with Crippen LogP contribution in [0.2, 0.25) is 5.15 Å². The maximum atomic E-state index is 12.9. The summed E-state index contributed by atoms with van der Waals surface area (Å²) in [6, 6.07) is 9.78. The maximum absolute atomic E-state index is 12.9. The van der Waals surface area contributed by atoms with E-state index in [-0.39, 0.29) is 5.56 Å². The topological polar surface area (TPSA) is 89.7 Å². The van der Waals surface area contributed by atoms with Gasteiger partial charge in [0.05, 0.1) is 5.69 Å². The highest BCUT2D eigenvalue weighted by Crippen LogP contribution is 2.23. The van der Waals surface area contributed by atoms with E-state index in [0.29, 0.717) is 34.4 Å². The lowest BCUT2D eigenvalue weighted by Crippen LogP contribution is -2.23. The lowest BCUT2D eigenvalue weighted by Gasteiger charge is -2.18. The monoisotopic (exact) mass is 421 g/mol. The number of hydrogen-bond acceptors (Lipinski definition) is 6. The molecule has 4 aromatic rings. The fourth-order valence-electron chi connectivity index (χ4n) is 3.85. The highest BCUT2D eigenvalue weighted by atomic mass is 35.5. The quantitative estimate of drug-likeness (QED) is 0.492. The summed E-state index contributed by atoms with van der Waals surface area (Å²) in [5, 5.41) is 7.45. The van der Waals surface area contributed by atoms with E-state index in [1.54, 1.807) is 33.9 Å². The first-order chi connectivity index (χ1) is 14.6. The van der Waals surface area contributed by atoms with Crippen molar-refractivity contribution in [3.8, 4) is 5.69 Å². The number of aromatic nitrogens is 5. The van der Waals surface area contributed by atoms with Crippen LogP contribution in [0.5, 0.6) is 0 Å². The summed E-state index contributed by atoms with van der Waals surface area (Å²) < 4.78 is 3.37. The van der Waals surface area contributed by atoms with Crippen molar-refractivity contribution in [1.29, 1.82) is 0 Å². The summed E-state index contributed by atoms with van der Waals surface area (Å²) >= 11 is 6.08. The van der Waals surface area contributed by atoms with E-state index < -0.39 is 0 Å². The third-order valence-electron chi connectivity index (χ3n) is 5.28. The molecule has 0 bridgehead atoms. The fraction of sp³-hybridized carbons (Fsp3) is 0.238. The van der Waals surface area contributed by atoms with Gasteiger partial charge >= 0.3 is 0 Å². The Labute approximate surface area is 177 Å². The maximum Gasteiger partial charge on any atom is 0.278 e. The van der Waals surface area contributed by atoms with Crippen LogP contribution < -0.4 is 16.2 Å². The Morgan fingerprint density at radius 2 is 2.10 bits per heavy atom. The van der Waals surface area contributed by atoms with Gasteiger partial charge in [-0.1, -0.05) is 17.7 Å². The third-order valence-corrected chi connectivity index (χ3v) is 5.49. The Morgan fingerprint density at radius 1 is 1.20 bits per heavy atom. The SMILES string of the molecule is CCn1c(=O)c2cnc(Nc3ccc4c(c3)CNCC4)nc2n1-c1ccnc(Cl)c1. The van der Waals surface area contributed by atoms with Gasteiger partial charge in [-0.15, -0.1) is 0 Å². The van der Waals surface area contributed by atoms with Gasteiger partial charge in [0.2, 0.25) is 5.95 Å². The van der Waals surface area contributed by atoms with Gasteiger partial charge in [-0.05, 0) is 49.2 Å². The number of pyridine rings is 1. The van der Waals surface area contributed by atoms with Crippen molar-refractivity contribution in [3.05, 3.63) is 69.4 Å². The Morgan fingerprint density at radius 3 is 2.93 bits per heavy atom. The molecule has 2 N–H and O–H groups in total. The molecule has 0 aliphatic carbocycles. The van der Waals surface area contributed by atoms with Crippen LogP contribution >= 0.6 is 11.6 Å². The van der Waals surface area contributed by atoms with E-state index in [4.69, 9.17) is 11.6 Å². The van der Waals surface area contributed by atoms with Crippen LogP contribution in [0.15, 0.2) is 47.5 Å². The molecule has 0 radical (unpaired) electrons. The molecule has 0 spiro atoms. The minimum Gasteiger partial charge on any atom is -0.324 e. The molecule has 0 unspecified atom stereocenters. The van der Waals surface area contributed by atoms with Crippen LogP contribution in [0.1, 0.15) is 18.1 Å². The van der Waals surface area contributed by atoms with Crippen molar-refractivity contribution in [2.24, 2.45) is 0 Å². The van der Waals surface area contributed by atoms with Crippen LogP contribution in [0, 0.1) is 0 Å². The molecule has 5 rings (SSSR count). The van der Waals surface area contributed by atoms with Crippen molar-refractivity contribution < 1.29 is 0 Å². The standard InChI is InChI=1S/C21H20ClN7O/c1-2-28-20(30)17-12-25-21(26-15-4-3-13-5-7-23-11-14(13)9-15)27-19(17)29(28)16-6-8-24-18(22)10-16/h3-4,6,8-10,12,23H,2,5,7,11H2,1H3,(H,25,26,27). The molecule has 0 fully saturated rings. The van der Waals surface area contributed by atoms with Gasteiger partial charge in [0, 0.05) is 37.2 Å². The minimum atomic E-state index is -0.146. The molecule has 1 aromatic carbocycles. The molecule has 0 saturated heterocycles. The predicted molar refractivity (Wildman–Crippen MR) is 117 cm³/mol. The van der Waals surface area contributed by atoms with Gasteiger partial charge in [0.1, 0.15) is 10.5 Å². The zero-order valence-corrected chi connectivity index (χ0v) is 17.1. The van der Waals surface area contributed by atoms with Crippen LogP contribution in [0.4, 0.5) is 11.6 Å². The van der Waals surface area contributed by atoms with E-state index >= 15 is 0 Å². The number of halogens is 1. The summed E-state index contributed by atoms with van der Waals surface area (Å²) in [7, 11) is 0. The number of anilines is 2. The first-order valence-electron chi connectivity index (χ1n) is 9.84. The Hall–Kier alpha value is -3.23. The van der Waals surface area contributed by atoms with Crippen LogP contribution in [0.25, 0.3) is 16.7 Å². The number of fused-ring (bicyclic) bond motifs is 2. The number of rotatable bonds is 4. The summed E-state index contributed by atoms with van der Waals surface area (Å²) in [6.45, 7) is 4.25. The molecular formula is C21H20ClN7O. The summed E-state index contributed by atoms with van der Waals surface area (Å²) in [5.41, 5.74) is 4.63. The number of benzene rings is 1. The van der Waals surface area contributed by atoms with E-state index in [1.807, 2.05) is 13.0 Å². The first-order valence-corrected chi connectivity index (χ1v) is 10.2. The third kappa shape index (κ3) is 3.24. The zero-order chi connectivity index (χ0) is 20.7. The normalized spacial score (nSPS) is 13.4. The molecule has 9 heteroatoms. The second-order valence-corrected chi connectivity index (χ2v) is 7.52. The molecule has 0 saturated carbocycles. The van der Waals surface area contributed by atoms with Crippen molar-refractivity contribution >= 4 is 34.3 Å². The van der Waals surface area contributed by atoms with Gasteiger partial charge in [-0.25, -0.2) is 19.3 Å². The smallest absolute Gasteiger partial charge is 0.278 e. The molecule has 30 heavy (non-hydrogen) atoms. The van der Waals surface area contributed by atoms with Gasteiger partial charge in [-0.2, -0.15) is 4.98 Å². The van der Waals surface area contributed by atoms with Crippen LogP contribution in [-0.4, -0.2) is 30.9 Å². The lowest BCUT2D eigenvalue weighted by atomic mass is 10.0. The highest BCUT2D eigenvalue weighted by Gasteiger charge is 2.17. The average molecular weight is 422 g/mol. The highest BCUT2D eigenvalue weighted by molar-refractivity contribution is 6.29. The fourth-order valence-corrected chi connectivity index (χ4v) is 4.02. The summed E-state index contributed by atoms with van der Waals surface area (Å²) in [4.78, 5) is 25.9. The van der Waals surface area contributed by atoms with E-state index in [9.17, 15) is 4.79 Å². The largest absolute Gasteiger partial charge is 0.324 e. The van der Waals surface area contributed by atoms with Crippen LogP contribution in [-0.2, 0) is 19.5 Å². The minimum absolute atomic E-state index is 0.146. The van der Waals surface area contributed by atoms with Gasteiger partial charge in [-0.3, -0.25) is 4.79 Å². The molecule has 1 aliphatic heterocycles. The second kappa shape index (κ2) is 7.55. The lowest BCUT2D eigenvalue weighted by molar-refractivity contribution is 0.575. The molecule has 0 amide bonds. The second-order valence-electron chi connectivity index (χ2n) is 7.14. The molecule has 3 aromatic heterocycles. The number of nitrogens with zero attached hydrogens (tertiary/aromatic N) is 5. The summed E-state index contributed by atoms with van der Waals surface area (Å²) in [5.74, 6) is 0.424. The van der Waals surface area contributed by atoms with E-state index in [0.717, 1.165) is 25.2 Å². The van der Waals surface area contributed by atoms with Crippen molar-refractivity contribution in [2.45, 2.75) is 26.4 Å². The molecular weight excluding hydrogens is 402 g/mol. The molecule has 1 aliphatic rings. The van der Waals surface area contributed by atoms with Crippen molar-refractivity contribution in [2.75, 3.05) is 11.9 Å². The Bertz CT molecular complexity index is 1310. The molecule has 152 valence electrons. The predicted octanol–water partition coefficient (Wildman–Crippen LogP) is 3.04. The van der Waals surface area contributed by atoms with Gasteiger partial charge in [0.15, 0.2) is 5.65 Å². The van der Waals surface area contributed by atoms with E-state index in [2.05, 4.69) is 37.7 Å². The van der Waals surface area contributed by atoms with Gasteiger partial charge < -0.3 is 10.6 Å². The van der Waals surface area contributed by atoms with E-state index in [1.165, 1.54) is 11.1 Å². The van der Waals surface area contributed by atoms with Crippen LogP contribution in [0.3, 0.4) is 0 Å². The molecule has 4 heterocycles. The van der Waals surface area contributed by atoms with Crippen molar-refractivity contribution in [3.63, 3.8) is 0 Å². The van der Waals surface area contributed by atoms with Gasteiger partial charge in [0.25, 0.3) is 5.56 Å². The summed E-state index contributed by atoms with van der Waals surface area (Å²) in [6.07, 6.45) is 4.21. The molecule has 8 nitrogen and oxygen atoms in total. The molecule has 0 atom stereocenters. The first kappa shape index (κ1) is 18.8. The van der Waals surface area contributed by atoms with Crippen molar-refractivity contribution in [1.82, 2.24) is 29.6 Å². The Kier molecular flexibility index (Phi) is 4.72. The number of nitrogens with one attached hydrogen (secondary N) is 2. The average Bonchev–Trinajstić information content (AvgIpc) is 3.04.